The Kier molecular flexibility index (Phi) is 3.40. The highest BCUT2D eigenvalue weighted by atomic mass is 33.1. The number of nitrogens with zero attached hydrogens (tertiary/aromatic N) is 3. The Morgan fingerprint density at radius 1 is 1.00 bits per heavy atom. The Labute approximate surface area is 120 Å². The summed E-state index contributed by atoms with van der Waals surface area (Å²) < 4.78 is 6.23. The highest BCUT2D eigenvalue weighted by molar-refractivity contribution is 8.62. The van der Waals surface area contributed by atoms with Gasteiger partial charge in [-0.05, 0) is 19.1 Å². The summed E-state index contributed by atoms with van der Waals surface area (Å²) >= 11 is 4.50. The number of hydrogen-bond donors (Lipinski definition) is 1. The first-order chi connectivity index (χ1) is 9.25. The maximum Gasteiger partial charge on any atom is 0.175 e. The van der Waals surface area contributed by atoms with E-state index in [1.54, 1.807) is 0 Å². The van der Waals surface area contributed by atoms with Crippen molar-refractivity contribution in [3.63, 3.8) is 0 Å². The van der Waals surface area contributed by atoms with E-state index in [1.807, 2.05) is 34.6 Å². The molecule has 3 nitrogen and oxygen atoms in total. The Bertz CT molecular complexity index is 648. The van der Waals surface area contributed by atoms with Gasteiger partial charge in [0.05, 0.1) is 15.6 Å². The first-order valence-corrected chi connectivity index (χ1v) is 8.09. The molecular formula is C14H13N3S2. The summed E-state index contributed by atoms with van der Waals surface area (Å²) in [5.74, 6) is 0.851. The van der Waals surface area contributed by atoms with Crippen molar-refractivity contribution in [1.82, 2.24) is 0 Å². The molecule has 0 N–H and O–H groups in total. The molecule has 0 spiro atoms. The molecule has 2 aromatic rings. The van der Waals surface area contributed by atoms with Gasteiger partial charge in [-0.1, -0.05) is 64.2 Å². The van der Waals surface area contributed by atoms with Gasteiger partial charge in [0.15, 0.2) is 5.84 Å². The van der Waals surface area contributed by atoms with Gasteiger partial charge in [-0.15, -0.1) is 5.10 Å². The van der Waals surface area contributed by atoms with Crippen LogP contribution in [0.4, 0.5) is 5.69 Å². The molecule has 2 aromatic carbocycles. The molecule has 1 unspecified atom stereocenters. The maximum absolute atomic E-state index is 4.50. The van der Waals surface area contributed by atoms with Gasteiger partial charge in [0.25, 0.3) is 0 Å². The predicted molar refractivity (Wildman–Crippen MR) is 85.4 cm³/mol. The van der Waals surface area contributed by atoms with Gasteiger partial charge in [0.1, 0.15) is 0 Å². The summed E-state index contributed by atoms with van der Waals surface area (Å²) in [6, 6.07) is 18.4. The first-order valence-electron chi connectivity index (χ1n) is 5.90. The summed E-state index contributed by atoms with van der Waals surface area (Å²) in [6.07, 6.45) is 0. The van der Waals surface area contributed by atoms with Crippen LogP contribution < -0.4 is 4.31 Å². The molecule has 1 atom stereocenters. The molecule has 3 rings (SSSR count). The molecule has 0 amide bonds. The highest BCUT2D eigenvalue weighted by Crippen LogP contribution is 2.26. The molecule has 5 heteroatoms. The van der Waals surface area contributed by atoms with E-state index in [0.29, 0.717) is 0 Å². The lowest BCUT2D eigenvalue weighted by molar-refractivity contribution is 1.28. The van der Waals surface area contributed by atoms with E-state index < -0.39 is 9.91 Å². The third-order valence-corrected chi connectivity index (χ3v) is 4.51. The SMILES string of the molecule is Cc1ccc(C2=NN=S(S)N2c2ccccc2)cc1. The number of benzene rings is 2. The molecule has 0 aliphatic carbocycles. The molecular weight excluding hydrogens is 274 g/mol. The molecule has 0 bridgehead atoms. The molecule has 0 saturated carbocycles. The fraction of sp³-hybridized carbons (Fsp3) is 0.0714. The van der Waals surface area contributed by atoms with Gasteiger partial charge in [-0.3, -0.25) is 0 Å². The van der Waals surface area contributed by atoms with Crippen LogP contribution in [0.1, 0.15) is 11.1 Å². The van der Waals surface area contributed by atoms with Crippen LogP contribution in [-0.2, 0) is 9.91 Å². The van der Waals surface area contributed by atoms with Crippen molar-refractivity contribution < 1.29 is 0 Å². The van der Waals surface area contributed by atoms with Crippen LogP contribution in [0.25, 0.3) is 0 Å². The van der Waals surface area contributed by atoms with E-state index in [2.05, 4.69) is 52.4 Å². The molecule has 0 aromatic heterocycles. The average Bonchev–Trinajstić information content (AvgIpc) is 2.82. The summed E-state index contributed by atoms with van der Waals surface area (Å²) in [5.41, 5.74) is 3.35. The Hall–Kier alpha value is -1.59. The number of anilines is 1. The maximum atomic E-state index is 4.50. The van der Waals surface area contributed by atoms with Gasteiger partial charge >= 0.3 is 0 Å². The summed E-state index contributed by atoms with van der Waals surface area (Å²) in [5, 5.41) is 4.28. The first kappa shape index (κ1) is 12.4. The van der Waals surface area contributed by atoms with Crippen molar-refractivity contribution in [2.75, 3.05) is 4.31 Å². The predicted octanol–water partition coefficient (Wildman–Crippen LogP) is 3.74. The minimum Gasteiger partial charge on any atom is -0.248 e. The van der Waals surface area contributed by atoms with Gasteiger partial charge in [-0.2, -0.15) is 0 Å². The van der Waals surface area contributed by atoms with Crippen LogP contribution in [0.15, 0.2) is 64.2 Å². The van der Waals surface area contributed by atoms with Crippen LogP contribution in [0.3, 0.4) is 0 Å². The van der Waals surface area contributed by atoms with E-state index in [-0.39, 0.29) is 0 Å². The third-order valence-electron chi connectivity index (χ3n) is 2.86. The molecule has 0 radical (unpaired) electrons. The van der Waals surface area contributed by atoms with Crippen molar-refractivity contribution in [2.45, 2.75) is 6.92 Å². The van der Waals surface area contributed by atoms with Crippen molar-refractivity contribution in [2.24, 2.45) is 9.57 Å². The number of hydrogen-bond acceptors (Lipinski definition) is 3. The van der Waals surface area contributed by atoms with E-state index >= 15 is 0 Å². The van der Waals surface area contributed by atoms with Crippen molar-refractivity contribution >= 4 is 33.1 Å². The third kappa shape index (κ3) is 2.43. The van der Waals surface area contributed by atoms with E-state index in [1.165, 1.54) is 5.56 Å². The normalized spacial score (nSPS) is 18.1. The Morgan fingerprint density at radius 2 is 1.68 bits per heavy atom. The van der Waals surface area contributed by atoms with Crippen LogP contribution in [-0.4, -0.2) is 5.84 Å². The summed E-state index contributed by atoms with van der Waals surface area (Å²) in [4.78, 5) is 0. The lowest BCUT2D eigenvalue weighted by atomic mass is 10.1. The topological polar surface area (TPSA) is 28.0 Å². The molecule has 0 saturated heterocycles. The van der Waals surface area contributed by atoms with Crippen LogP contribution in [0.2, 0.25) is 0 Å². The smallest absolute Gasteiger partial charge is 0.175 e. The fourth-order valence-electron chi connectivity index (χ4n) is 1.89. The summed E-state index contributed by atoms with van der Waals surface area (Å²) in [7, 11) is -0.548. The second kappa shape index (κ2) is 5.19. The number of amidine groups is 1. The largest absolute Gasteiger partial charge is 0.248 e. The van der Waals surface area contributed by atoms with E-state index in [9.17, 15) is 0 Å². The van der Waals surface area contributed by atoms with Crippen LogP contribution in [0.5, 0.6) is 0 Å². The monoisotopic (exact) mass is 287 g/mol. The number of aryl methyl sites for hydroxylation is 1. The molecule has 19 heavy (non-hydrogen) atoms. The lowest BCUT2D eigenvalue weighted by Gasteiger charge is -2.20. The lowest BCUT2D eigenvalue weighted by Crippen LogP contribution is -2.27. The average molecular weight is 287 g/mol. The zero-order valence-electron chi connectivity index (χ0n) is 10.4. The van der Waals surface area contributed by atoms with Gasteiger partial charge < -0.3 is 0 Å². The number of thiol groups is 1. The van der Waals surface area contributed by atoms with Gasteiger partial charge in [0.2, 0.25) is 0 Å². The molecule has 1 aliphatic rings. The van der Waals surface area contributed by atoms with Crippen molar-refractivity contribution in [1.29, 1.82) is 0 Å². The molecule has 0 fully saturated rings. The molecule has 1 aliphatic heterocycles. The molecule has 96 valence electrons. The minimum atomic E-state index is -0.548. The quantitative estimate of drug-likeness (QED) is 0.661. The number of para-hydroxylation sites is 1. The van der Waals surface area contributed by atoms with E-state index in [4.69, 9.17) is 0 Å². The second-order valence-corrected chi connectivity index (χ2v) is 6.24. The van der Waals surface area contributed by atoms with Gasteiger partial charge in [0, 0.05) is 5.56 Å². The van der Waals surface area contributed by atoms with E-state index in [0.717, 1.165) is 17.1 Å². The Morgan fingerprint density at radius 3 is 2.37 bits per heavy atom. The fourth-order valence-corrected chi connectivity index (χ4v) is 3.34. The zero-order chi connectivity index (χ0) is 13.2. The second-order valence-electron chi connectivity index (χ2n) is 4.25. The number of rotatable bonds is 2. The zero-order valence-corrected chi connectivity index (χ0v) is 12.1. The van der Waals surface area contributed by atoms with Crippen molar-refractivity contribution in [3.05, 3.63) is 65.7 Å². The standard InChI is InChI=1S/C14H13N3S2/c1-11-7-9-12(10-8-11)14-15-16-19(18)17(14)13-5-3-2-4-6-13/h2-10H,1H3,(H,16,18). The van der Waals surface area contributed by atoms with Crippen LogP contribution in [0, 0.1) is 6.92 Å². The minimum absolute atomic E-state index is 0.548. The van der Waals surface area contributed by atoms with Gasteiger partial charge in [-0.25, -0.2) is 4.31 Å². The molecule has 1 heterocycles. The van der Waals surface area contributed by atoms with Crippen molar-refractivity contribution in [3.8, 4) is 0 Å². The Balaban J connectivity index is 2.01. The van der Waals surface area contributed by atoms with Crippen LogP contribution >= 0.6 is 11.7 Å². The summed E-state index contributed by atoms with van der Waals surface area (Å²) in [6.45, 7) is 2.07. The highest BCUT2D eigenvalue weighted by Gasteiger charge is 2.23.